The van der Waals surface area contributed by atoms with Gasteiger partial charge in [-0.05, 0) is 114 Å². The molecule has 10 nitrogen and oxygen atoms in total. The van der Waals surface area contributed by atoms with Crippen molar-refractivity contribution in [3.8, 4) is 11.5 Å². The van der Waals surface area contributed by atoms with Gasteiger partial charge in [0.05, 0.1) is 0 Å². The third-order valence-electron chi connectivity index (χ3n) is 11.0. The summed E-state index contributed by atoms with van der Waals surface area (Å²) in [7, 11) is 0. The molecule has 0 saturated carbocycles. The van der Waals surface area contributed by atoms with Crippen LogP contribution in [0.15, 0.2) is 97.1 Å². The molecule has 1 unspecified atom stereocenters. The van der Waals surface area contributed by atoms with Crippen molar-refractivity contribution in [2.24, 2.45) is 5.92 Å². The minimum atomic E-state index is -0.646. The van der Waals surface area contributed by atoms with Crippen LogP contribution in [0.5, 0.6) is 11.5 Å². The SMILES string of the molecule is CCC(=C(c1ccc(O)cc1)c1ccc(OCCN2CCC(CC(=O)NCc3ccc4c(c3)CN(C3CCC(=O)NC3=O)C4=O)CC2)cc1)c1ccccc1. The fourth-order valence-electron chi connectivity index (χ4n) is 8.01. The van der Waals surface area contributed by atoms with E-state index in [0.29, 0.717) is 44.0 Å². The Bertz CT molecular complexity index is 2050. The lowest BCUT2D eigenvalue weighted by molar-refractivity contribution is -0.137. The second-order valence-electron chi connectivity index (χ2n) is 14.7. The molecular formula is C45H48N4O6. The van der Waals surface area contributed by atoms with Crippen LogP contribution in [0, 0.1) is 5.92 Å². The van der Waals surface area contributed by atoms with Crippen LogP contribution in [0.3, 0.4) is 0 Å². The average molecular weight is 741 g/mol. The Hall–Kier alpha value is -5.74. The summed E-state index contributed by atoms with van der Waals surface area (Å²) in [6.07, 6.45) is 3.78. The lowest BCUT2D eigenvalue weighted by atomic mass is 9.88. The number of ether oxygens (including phenoxy) is 1. The number of nitrogens with zero attached hydrogens (tertiary/aromatic N) is 2. The molecule has 0 spiro atoms. The molecular weight excluding hydrogens is 693 g/mol. The highest BCUT2D eigenvalue weighted by molar-refractivity contribution is 6.05. The van der Waals surface area contributed by atoms with Crippen molar-refractivity contribution >= 4 is 34.8 Å². The van der Waals surface area contributed by atoms with Gasteiger partial charge in [-0.1, -0.05) is 73.7 Å². The summed E-state index contributed by atoms with van der Waals surface area (Å²) in [5, 5.41) is 15.3. The number of hydrogen-bond donors (Lipinski definition) is 3. The molecule has 0 radical (unpaired) electrons. The highest BCUT2D eigenvalue weighted by Gasteiger charge is 2.39. The van der Waals surface area contributed by atoms with E-state index in [2.05, 4.69) is 58.9 Å². The van der Waals surface area contributed by atoms with Crippen LogP contribution < -0.4 is 15.4 Å². The van der Waals surface area contributed by atoms with E-state index in [0.717, 1.165) is 72.5 Å². The second-order valence-corrected chi connectivity index (χ2v) is 14.7. The van der Waals surface area contributed by atoms with Gasteiger partial charge in [0.2, 0.25) is 17.7 Å². The zero-order valence-electron chi connectivity index (χ0n) is 31.3. The topological polar surface area (TPSA) is 128 Å². The van der Waals surface area contributed by atoms with E-state index < -0.39 is 11.9 Å². The van der Waals surface area contributed by atoms with Crippen LogP contribution >= 0.6 is 0 Å². The number of benzene rings is 4. The molecule has 3 heterocycles. The number of hydrogen-bond acceptors (Lipinski definition) is 7. The molecule has 2 fully saturated rings. The minimum absolute atomic E-state index is 0.0187. The van der Waals surface area contributed by atoms with E-state index >= 15 is 0 Å². The number of phenolic OH excluding ortho intramolecular Hbond substituents is 1. The molecule has 3 aliphatic heterocycles. The Morgan fingerprint density at radius 1 is 0.873 bits per heavy atom. The molecule has 4 aromatic carbocycles. The number of piperidine rings is 2. The van der Waals surface area contributed by atoms with Crippen molar-refractivity contribution in [1.29, 1.82) is 0 Å². The average Bonchev–Trinajstić information content (AvgIpc) is 3.52. The van der Waals surface area contributed by atoms with Gasteiger partial charge in [0, 0.05) is 38.0 Å². The van der Waals surface area contributed by atoms with Crippen LogP contribution in [0.1, 0.15) is 83.6 Å². The summed E-state index contributed by atoms with van der Waals surface area (Å²) >= 11 is 0. The monoisotopic (exact) mass is 740 g/mol. The first kappa shape index (κ1) is 37.6. The lowest BCUT2D eigenvalue weighted by Gasteiger charge is -2.31. The fraction of sp³-hybridized carbons (Fsp3) is 0.333. The summed E-state index contributed by atoms with van der Waals surface area (Å²) in [4.78, 5) is 53.7. The number of imide groups is 1. The van der Waals surface area contributed by atoms with E-state index in [1.165, 1.54) is 16.0 Å². The highest BCUT2D eigenvalue weighted by Crippen LogP contribution is 2.36. The molecule has 0 aromatic heterocycles. The first-order valence-electron chi connectivity index (χ1n) is 19.3. The maximum atomic E-state index is 13.0. The van der Waals surface area contributed by atoms with Crippen molar-refractivity contribution in [2.45, 2.75) is 64.6 Å². The zero-order valence-corrected chi connectivity index (χ0v) is 31.3. The predicted octanol–water partition coefficient (Wildman–Crippen LogP) is 6.32. The zero-order chi connectivity index (χ0) is 38.3. The van der Waals surface area contributed by atoms with Crippen molar-refractivity contribution in [3.63, 3.8) is 0 Å². The number of rotatable bonds is 13. The number of allylic oxidation sites excluding steroid dienone is 1. The Labute approximate surface area is 322 Å². The first-order chi connectivity index (χ1) is 26.7. The Balaban J connectivity index is 0.852. The molecule has 3 N–H and O–H groups in total. The van der Waals surface area contributed by atoms with Gasteiger partial charge in [-0.15, -0.1) is 0 Å². The molecule has 10 heteroatoms. The first-order valence-corrected chi connectivity index (χ1v) is 19.3. The Morgan fingerprint density at radius 3 is 2.27 bits per heavy atom. The maximum Gasteiger partial charge on any atom is 0.255 e. The number of phenols is 1. The van der Waals surface area contributed by atoms with E-state index in [4.69, 9.17) is 4.74 Å². The van der Waals surface area contributed by atoms with Gasteiger partial charge in [0.25, 0.3) is 5.91 Å². The summed E-state index contributed by atoms with van der Waals surface area (Å²) in [6, 6.07) is 31.0. The number of likely N-dealkylation sites (tertiary alicyclic amines) is 1. The maximum absolute atomic E-state index is 13.0. The summed E-state index contributed by atoms with van der Waals surface area (Å²) in [5.41, 5.74) is 7.98. The van der Waals surface area contributed by atoms with Crippen molar-refractivity contribution in [1.82, 2.24) is 20.4 Å². The molecule has 4 aromatic rings. The van der Waals surface area contributed by atoms with Crippen LogP contribution in [-0.2, 0) is 27.5 Å². The molecule has 3 aliphatic rings. The Kier molecular flexibility index (Phi) is 11.7. The van der Waals surface area contributed by atoms with E-state index in [1.54, 1.807) is 18.2 Å². The highest BCUT2D eigenvalue weighted by atomic mass is 16.5. The summed E-state index contributed by atoms with van der Waals surface area (Å²) in [6.45, 7) is 6.08. The number of carbonyl (C=O) groups excluding carboxylic acids is 4. The van der Waals surface area contributed by atoms with Gasteiger partial charge in [-0.25, -0.2) is 0 Å². The molecule has 4 amide bonds. The van der Waals surface area contributed by atoms with E-state index in [1.807, 2.05) is 42.5 Å². The number of fused-ring (bicyclic) bond motifs is 1. The van der Waals surface area contributed by atoms with Gasteiger partial charge < -0.3 is 20.1 Å². The smallest absolute Gasteiger partial charge is 0.255 e. The fourth-order valence-corrected chi connectivity index (χ4v) is 8.01. The third kappa shape index (κ3) is 8.98. The van der Waals surface area contributed by atoms with Gasteiger partial charge in [0.15, 0.2) is 0 Å². The van der Waals surface area contributed by atoms with Crippen LogP contribution in [-0.4, -0.2) is 70.8 Å². The summed E-state index contributed by atoms with van der Waals surface area (Å²) in [5.74, 6) is 0.469. The van der Waals surface area contributed by atoms with Gasteiger partial charge in [-0.3, -0.25) is 29.4 Å². The standard InChI is InChI=1S/C45H48N4O6/c1-2-38(32-6-4-3-5-7-32)43(33-9-13-36(50)14-10-33)34-11-15-37(16-12-34)55-25-24-48-22-20-30(21-23-48)27-42(52)46-28-31-8-17-39-35(26-31)29-49(45(39)54)40-18-19-41(51)47-44(40)53/h3-17,26,30,40,50H,2,18-25,27-29H2,1H3,(H,46,52)(H,47,51,53). The molecule has 0 aliphatic carbocycles. The molecule has 0 bridgehead atoms. The van der Waals surface area contributed by atoms with Crippen molar-refractivity contribution in [3.05, 3.63) is 130 Å². The molecule has 55 heavy (non-hydrogen) atoms. The normalized spacial score (nSPS) is 18.1. The molecule has 1 atom stereocenters. The second kappa shape index (κ2) is 17.2. The predicted molar refractivity (Wildman–Crippen MR) is 211 cm³/mol. The molecule has 2 saturated heterocycles. The van der Waals surface area contributed by atoms with Gasteiger partial charge >= 0.3 is 0 Å². The van der Waals surface area contributed by atoms with Crippen LogP contribution in [0.2, 0.25) is 0 Å². The number of carbonyl (C=O) groups is 4. The number of amides is 4. The van der Waals surface area contributed by atoms with E-state index in [9.17, 15) is 24.3 Å². The van der Waals surface area contributed by atoms with Gasteiger partial charge in [0.1, 0.15) is 24.1 Å². The number of aromatic hydroxyl groups is 1. The minimum Gasteiger partial charge on any atom is -0.508 e. The van der Waals surface area contributed by atoms with Crippen LogP contribution in [0.25, 0.3) is 11.1 Å². The lowest BCUT2D eigenvalue weighted by Crippen LogP contribution is -2.52. The van der Waals surface area contributed by atoms with Crippen molar-refractivity contribution < 1.29 is 29.0 Å². The third-order valence-corrected chi connectivity index (χ3v) is 11.0. The largest absolute Gasteiger partial charge is 0.508 e. The van der Waals surface area contributed by atoms with E-state index in [-0.39, 0.29) is 29.9 Å². The number of nitrogens with one attached hydrogen (secondary N) is 2. The molecule has 7 rings (SSSR count). The van der Waals surface area contributed by atoms with Crippen LogP contribution in [0.4, 0.5) is 0 Å². The Morgan fingerprint density at radius 2 is 1.58 bits per heavy atom. The van der Waals surface area contributed by atoms with Gasteiger partial charge in [-0.2, -0.15) is 0 Å². The molecule has 284 valence electrons. The summed E-state index contributed by atoms with van der Waals surface area (Å²) < 4.78 is 6.17. The quantitative estimate of drug-likeness (QED) is 0.108. The van der Waals surface area contributed by atoms with Crippen molar-refractivity contribution in [2.75, 3.05) is 26.2 Å².